The first-order valence-corrected chi connectivity index (χ1v) is 8.32. The predicted octanol–water partition coefficient (Wildman–Crippen LogP) is 4.17. The summed E-state index contributed by atoms with van der Waals surface area (Å²) in [5.74, 6) is 0.387. The van der Waals surface area contributed by atoms with Crippen LogP contribution in [0.5, 0.6) is 0 Å². The second-order valence-corrected chi connectivity index (χ2v) is 6.60. The van der Waals surface area contributed by atoms with Gasteiger partial charge in [0.2, 0.25) is 0 Å². The van der Waals surface area contributed by atoms with Crippen LogP contribution < -0.4 is 4.90 Å². The number of rotatable bonds is 3. The Morgan fingerprint density at radius 1 is 1.21 bits per heavy atom. The molecule has 0 aliphatic carbocycles. The molecular formula is C17H14BrClN4O. The smallest absolute Gasteiger partial charge is 0.277 e. The van der Waals surface area contributed by atoms with Crippen molar-refractivity contribution in [3.05, 3.63) is 63.9 Å². The van der Waals surface area contributed by atoms with Gasteiger partial charge in [-0.05, 0) is 46.3 Å². The molecule has 3 rings (SSSR count). The number of carbonyl (C=O) groups is 1. The minimum absolute atomic E-state index is 0.181. The molecule has 122 valence electrons. The molecule has 5 nitrogen and oxygen atoms in total. The van der Waals surface area contributed by atoms with E-state index in [4.69, 9.17) is 11.6 Å². The predicted molar refractivity (Wildman–Crippen MR) is 98.3 cm³/mol. The van der Waals surface area contributed by atoms with Gasteiger partial charge in [0.05, 0.1) is 5.69 Å². The Balaban J connectivity index is 1.90. The highest BCUT2D eigenvalue weighted by molar-refractivity contribution is 9.10. The maximum Gasteiger partial charge on any atom is 0.277 e. The van der Waals surface area contributed by atoms with Gasteiger partial charge in [-0.2, -0.15) is 5.10 Å². The molecule has 0 bridgehead atoms. The van der Waals surface area contributed by atoms with Crippen molar-refractivity contribution in [3.63, 3.8) is 0 Å². The van der Waals surface area contributed by atoms with Crippen LogP contribution in [0, 0.1) is 0 Å². The molecule has 7 heteroatoms. The van der Waals surface area contributed by atoms with Gasteiger partial charge in [-0.3, -0.25) is 14.4 Å². The first-order valence-electron chi connectivity index (χ1n) is 7.15. The Labute approximate surface area is 153 Å². The fraction of sp³-hybridized carbons (Fsp3) is 0.118. The van der Waals surface area contributed by atoms with Crippen molar-refractivity contribution >= 4 is 39.3 Å². The summed E-state index contributed by atoms with van der Waals surface area (Å²) in [4.78, 5) is 18.5. The first-order chi connectivity index (χ1) is 11.5. The fourth-order valence-electron chi connectivity index (χ4n) is 2.27. The summed E-state index contributed by atoms with van der Waals surface area (Å²) in [5, 5.41) is 5.08. The lowest BCUT2D eigenvalue weighted by Crippen LogP contribution is -2.28. The second-order valence-electron chi connectivity index (χ2n) is 5.24. The minimum atomic E-state index is -0.181. The molecule has 0 N–H and O–H groups in total. The van der Waals surface area contributed by atoms with Crippen molar-refractivity contribution in [1.29, 1.82) is 0 Å². The third-order valence-electron chi connectivity index (χ3n) is 3.60. The third kappa shape index (κ3) is 3.34. The Hall–Kier alpha value is -2.18. The van der Waals surface area contributed by atoms with Crippen molar-refractivity contribution in [2.75, 3.05) is 11.9 Å². The Bertz CT molecular complexity index is 875. The van der Waals surface area contributed by atoms with Gasteiger partial charge in [-0.25, -0.2) is 4.98 Å². The van der Waals surface area contributed by atoms with Crippen LogP contribution in [0.1, 0.15) is 10.5 Å². The lowest BCUT2D eigenvalue weighted by molar-refractivity contribution is 0.0983. The molecule has 1 amide bonds. The summed E-state index contributed by atoms with van der Waals surface area (Å²) in [6.45, 7) is 0. The summed E-state index contributed by atoms with van der Waals surface area (Å²) >= 11 is 9.24. The van der Waals surface area contributed by atoms with Crippen LogP contribution in [-0.2, 0) is 7.05 Å². The number of pyridine rings is 1. The topological polar surface area (TPSA) is 51.0 Å². The van der Waals surface area contributed by atoms with Crippen LogP contribution >= 0.6 is 27.5 Å². The van der Waals surface area contributed by atoms with E-state index in [1.807, 2.05) is 18.2 Å². The highest BCUT2D eigenvalue weighted by Crippen LogP contribution is 2.22. The zero-order valence-corrected chi connectivity index (χ0v) is 15.4. The highest BCUT2D eigenvalue weighted by Gasteiger charge is 2.20. The summed E-state index contributed by atoms with van der Waals surface area (Å²) in [6.07, 6.45) is 1.65. The van der Waals surface area contributed by atoms with Gasteiger partial charge in [0.15, 0.2) is 0 Å². The standard InChI is InChI=1S/C17H14BrClN4O/c1-22(16-8-5-12(18)10-20-16)17(24)15-9-14(21-23(15)2)11-3-6-13(19)7-4-11/h3-10H,1-2H3. The molecule has 0 aliphatic heterocycles. The van der Waals surface area contributed by atoms with E-state index in [2.05, 4.69) is 26.0 Å². The number of amides is 1. The molecule has 0 fully saturated rings. The maximum absolute atomic E-state index is 12.7. The van der Waals surface area contributed by atoms with Gasteiger partial charge in [0, 0.05) is 35.4 Å². The van der Waals surface area contributed by atoms with Crippen molar-refractivity contribution in [3.8, 4) is 11.3 Å². The molecule has 24 heavy (non-hydrogen) atoms. The number of aromatic nitrogens is 3. The molecule has 0 saturated carbocycles. The van der Waals surface area contributed by atoms with Gasteiger partial charge in [0.1, 0.15) is 11.5 Å². The molecule has 0 atom stereocenters. The van der Waals surface area contributed by atoms with Crippen LogP contribution in [0.15, 0.2) is 53.1 Å². The van der Waals surface area contributed by atoms with E-state index in [0.717, 1.165) is 15.7 Å². The number of anilines is 1. The monoisotopic (exact) mass is 404 g/mol. The molecule has 2 aromatic heterocycles. The van der Waals surface area contributed by atoms with E-state index >= 15 is 0 Å². The Kier molecular flexibility index (Phi) is 4.69. The van der Waals surface area contributed by atoms with Crippen LogP contribution in [0.25, 0.3) is 11.3 Å². The molecule has 1 aromatic carbocycles. The van der Waals surface area contributed by atoms with E-state index in [1.165, 1.54) is 4.90 Å². The van der Waals surface area contributed by atoms with E-state index < -0.39 is 0 Å². The minimum Gasteiger partial charge on any atom is -0.295 e. The second kappa shape index (κ2) is 6.75. The van der Waals surface area contributed by atoms with Crippen LogP contribution in [0.2, 0.25) is 5.02 Å². The number of aryl methyl sites for hydroxylation is 1. The SMILES string of the molecule is CN(C(=O)c1cc(-c2ccc(Cl)cc2)nn1C)c1ccc(Br)cn1. The number of nitrogens with zero attached hydrogens (tertiary/aromatic N) is 4. The van der Waals surface area contributed by atoms with Crippen molar-refractivity contribution in [2.45, 2.75) is 0 Å². The van der Waals surface area contributed by atoms with Gasteiger partial charge < -0.3 is 0 Å². The van der Waals surface area contributed by atoms with E-state index in [-0.39, 0.29) is 5.91 Å². The fourth-order valence-corrected chi connectivity index (χ4v) is 2.63. The van der Waals surface area contributed by atoms with Gasteiger partial charge in [-0.1, -0.05) is 23.7 Å². The number of carbonyl (C=O) groups excluding carboxylic acids is 1. The summed E-state index contributed by atoms with van der Waals surface area (Å²) in [7, 11) is 3.43. The highest BCUT2D eigenvalue weighted by atomic mass is 79.9. The maximum atomic E-state index is 12.7. The van der Waals surface area contributed by atoms with Gasteiger partial charge in [0.25, 0.3) is 5.91 Å². The Morgan fingerprint density at radius 2 is 1.92 bits per heavy atom. The average molecular weight is 406 g/mol. The van der Waals surface area contributed by atoms with Crippen molar-refractivity contribution in [2.24, 2.45) is 7.05 Å². The van der Waals surface area contributed by atoms with Gasteiger partial charge in [-0.15, -0.1) is 0 Å². The average Bonchev–Trinajstić information content (AvgIpc) is 2.96. The van der Waals surface area contributed by atoms with Crippen LogP contribution in [0.3, 0.4) is 0 Å². The van der Waals surface area contributed by atoms with Crippen LogP contribution in [-0.4, -0.2) is 27.7 Å². The number of hydrogen-bond acceptors (Lipinski definition) is 3. The summed E-state index contributed by atoms with van der Waals surface area (Å²) in [6, 6.07) is 12.7. The van der Waals surface area contributed by atoms with Crippen molar-refractivity contribution in [1.82, 2.24) is 14.8 Å². The van der Waals surface area contributed by atoms with E-state index in [9.17, 15) is 4.79 Å². The molecule has 0 unspecified atom stereocenters. The molecule has 3 aromatic rings. The van der Waals surface area contributed by atoms with Crippen molar-refractivity contribution < 1.29 is 4.79 Å². The van der Waals surface area contributed by atoms with E-state index in [1.54, 1.807) is 49.2 Å². The molecule has 0 saturated heterocycles. The first kappa shape index (κ1) is 16.7. The molecule has 0 radical (unpaired) electrons. The lowest BCUT2D eigenvalue weighted by Gasteiger charge is -2.15. The third-order valence-corrected chi connectivity index (χ3v) is 4.32. The molecule has 0 spiro atoms. The largest absolute Gasteiger partial charge is 0.295 e. The number of hydrogen-bond donors (Lipinski definition) is 0. The molecular weight excluding hydrogens is 392 g/mol. The quantitative estimate of drug-likeness (QED) is 0.657. The number of halogens is 2. The summed E-state index contributed by atoms with van der Waals surface area (Å²) < 4.78 is 2.43. The zero-order chi connectivity index (χ0) is 17.3. The molecule has 0 aliphatic rings. The zero-order valence-electron chi connectivity index (χ0n) is 13.1. The normalized spacial score (nSPS) is 10.7. The lowest BCUT2D eigenvalue weighted by atomic mass is 10.1. The molecule has 2 heterocycles. The van der Waals surface area contributed by atoms with Gasteiger partial charge >= 0.3 is 0 Å². The van der Waals surface area contributed by atoms with E-state index in [0.29, 0.717) is 16.5 Å². The summed E-state index contributed by atoms with van der Waals surface area (Å²) in [5.41, 5.74) is 2.10. The van der Waals surface area contributed by atoms with Crippen LogP contribution in [0.4, 0.5) is 5.82 Å². The number of benzene rings is 1. The Morgan fingerprint density at radius 3 is 2.54 bits per heavy atom.